The Balaban J connectivity index is 2.03. The first-order valence-electron chi connectivity index (χ1n) is 6.37. The monoisotopic (exact) mass is 234 g/mol. The maximum atomic E-state index is 5.76. The van der Waals surface area contributed by atoms with Crippen molar-refractivity contribution in [1.29, 1.82) is 0 Å². The summed E-state index contributed by atoms with van der Waals surface area (Å²) in [5, 5.41) is 0. The second-order valence-corrected chi connectivity index (χ2v) is 5.43. The summed E-state index contributed by atoms with van der Waals surface area (Å²) in [6, 6.07) is 0.163. The number of nitrogens with two attached hydrogens (primary N) is 1. The van der Waals surface area contributed by atoms with Gasteiger partial charge < -0.3 is 10.6 Å². The zero-order valence-electron chi connectivity index (χ0n) is 10.9. The predicted octanol–water partition coefficient (Wildman–Crippen LogP) is 1.46. The first-order chi connectivity index (χ1) is 8.06. The van der Waals surface area contributed by atoms with Crippen LogP contribution < -0.4 is 10.6 Å². The fourth-order valence-electron chi connectivity index (χ4n) is 2.28. The van der Waals surface area contributed by atoms with Crippen LogP contribution in [0.15, 0.2) is 12.4 Å². The third kappa shape index (κ3) is 2.94. The summed E-state index contributed by atoms with van der Waals surface area (Å²) in [5.41, 5.74) is 6.87. The minimum atomic E-state index is 0.163. The van der Waals surface area contributed by atoms with Crippen LogP contribution in [0.25, 0.3) is 0 Å². The van der Waals surface area contributed by atoms with E-state index in [1.807, 2.05) is 19.3 Å². The Morgan fingerprint density at radius 3 is 2.29 bits per heavy atom. The summed E-state index contributed by atoms with van der Waals surface area (Å²) >= 11 is 0. The van der Waals surface area contributed by atoms with Gasteiger partial charge in [0, 0.05) is 31.5 Å². The van der Waals surface area contributed by atoms with Crippen LogP contribution in [0.2, 0.25) is 0 Å². The molecule has 0 saturated carbocycles. The van der Waals surface area contributed by atoms with Gasteiger partial charge in [-0.15, -0.1) is 0 Å². The van der Waals surface area contributed by atoms with Crippen molar-refractivity contribution in [3.8, 4) is 0 Å². The highest BCUT2D eigenvalue weighted by Gasteiger charge is 2.27. The van der Waals surface area contributed by atoms with Crippen molar-refractivity contribution in [2.45, 2.75) is 33.2 Å². The van der Waals surface area contributed by atoms with Gasteiger partial charge in [-0.05, 0) is 30.7 Å². The number of hydrogen-bond acceptors (Lipinski definition) is 4. The largest absolute Gasteiger partial charge is 0.340 e. The number of hydrogen-bond donors (Lipinski definition) is 1. The molecule has 0 radical (unpaired) electrons. The SMILES string of the molecule is CC(N)Cc1cnc(N2CC(C)C(C)C2)nc1. The predicted molar refractivity (Wildman–Crippen MR) is 69.9 cm³/mol. The molecule has 1 aromatic heterocycles. The van der Waals surface area contributed by atoms with Gasteiger partial charge in [-0.1, -0.05) is 13.8 Å². The first kappa shape index (κ1) is 12.3. The van der Waals surface area contributed by atoms with Crippen molar-refractivity contribution in [3.63, 3.8) is 0 Å². The van der Waals surface area contributed by atoms with Gasteiger partial charge >= 0.3 is 0 Å². The topological polar surface area (TPSA) is 55.0 Å². The highest BCUT2D eigenvalue weighted by atomic mass is 15.3. The molecule has 1 aromatic rings. The third-order valence-corrected chi connectivity index (χ3v) is 3.52. The van der Waals surface area contributed by atoms with Crippen molar-refractivity contribution in [2.75, 3.05) is 18.0 Å². The molecule has 0 aromatic carbocycles. The summed E-state index contributed by atoms with van der Waals surface area (Å²) in [6.07, 6.45) is 4.64. The Kier molecular flexibility index (Phi) is 3.62. The van der Waals surface area contributed by atoms with Gasteiger partial charge in [-0.3, -0.25) is 0 Å². The molecule has 3 unspecified atom stereocenters. The van der Waals surface area contributed by atoms with Gasteiger partial charge in [0.1, 0.15) is 0 Å². The molecule has 0 bridgehead atoms. The van der Waals surface area contributed by atoms with E-state index in [1.54, 1.807) is 0 Å². The molecule has 1 aliphatic rings. The van der Waals surface area contributed by atoms with Crippen LogP contribution in [-0.2, 0) is 6.42 Å². The van der Waals surface area contributed by atoms with E-state index in [0.29, 0.717) is 0 Å². The maximum absolute atomic E-state index is 5.76. The average Bonchev–Trinajstić information content (AvgIpc) is 2.59. The zero-order valence-corrected chi connectivity index (χ0v) is 10.9. The molecule has 3 atom stereocenters. The van der Waals surface area contributed by atoms with E-state index >= 15 is 0 Å². The smallest absolute Gasteiger partial charge is 0.225 e. The number of anilines is 1. The molecule has 94 valence electrons. The lowest BCUT2D eigenvalue weighted by atomic mass is 10.0. The minimum Gasteiger partial charge on any atom is -0.340 e. The lowest BCUT2D eigenvalue weighted by Gasteiger charge is -2.15. The zero-order chi connectivity index (χ0) is 12.4. The van der Waals surface area contributed by atoms with Gasteiger partial charge in [0.05, 0.1) is 0 Å². The Morgan fingerprint density at radius 1 is 1.29 bits per heavy atom. The first-order valence-corrected chi connectivity index (χ1v) is 6.37. The molecule has 1 fully saturated rings. The summed E-state index contributed by atoms with van der Waals surface area (Å²) in [4.78, 5) is 11.2. The Morgan fingerprint density at radius 2 is 1.82 bits per heavy atom. The molecule has 2 heterocycles. The van der Waals surface area contributed by atoms with E-state index < -0.39 is 0 Å². The number of nitrogens with zero attached hydrogens (tertiary/aromatic N) is 3. The normalized spacial score (nSPS) is 26.2. The number of aromatic nitrogens is 2. The second kappa shape index (κ2) is 5.00. The lowest BCUT2D eigenvalue weighted by Crippen LogP contribution is -2.22. The van der Waals surface area contributed by atoms with Gasteiger partial charge in [-0.2, -0.15) is 0 Å². The van der Waals surface area contributed by atoms with Crippen LogP contribution in [0.4, 0.5) is 5.95 Å². The quantitative estimate of drug-likeness (QED) is 0.860. The van der Waals surface area contributed by atoms with Crippen LogP contribution in [-0.4, -0.2) is 29.1 Å². The van der Waals surface area contributed by atoms with Gasteiger partial charge in [-0.25, -0.2) is 9.97 Å². The van der Waals surface area contributed by atoms with Gasteiger partial charge in [0.2, 0.25) is 5.95 Å². The van der Waals surface area contributed by atoms with Crippen LogP contribution >= 0.6 is 0 Å². The van der Waals surface area contributed by atoms with Crippen LogP contribution in [0.5, 0.6) is 0 Å². The van der Waals surface area contributed by atoms with Crippen LogP contribution in [0, 0.1) is 11.8 Å². The van der Waals surface area contributed by atoms with E-state index in [1.165, 1.54) is 0 Å². The highest BCUT2D eigenvalue weighted by Crippen LogP contribution is 2.24. The molecule has 17 heavy (non-hydrogen) atoms. The summed E-state index contributed by atoms with van der Waals surface area (Å²) in [5.74, 6) is 2.30. The van der Waals surface area contributed by atoms with Crippen molar-refractivity contribution in [3.05, 3.63) is 18.0 Å². The molecule has 2 N–H and O–H groups in total. The Labute approximate surface area is 103 Å². The molecule has 0 aliphatic carbocycles. The van der Waals surface area contributed by atoms with E-state index in [0.717, 1.165) is 42.9 Å². The van der Waals surface area contributed by atoms with Crippen LogP contribution in [0.1, 0.15) is 26.3 Å². The van der Waals surface area contributed by atoms with Crippen LogP contribution in [0.3, 0.4) is 0 Å². The highest BCUT2D eigenvalue weighted by molar-refractivity contribution is 5.32. The molecular weight excluding hydrogens is 212 g/mol. The molecule has 4 nitrogen and oxygen atoms in total. The Hall–Kier alpha value is -1.16. The van der Waals surface area contributed by atoms with Gasteiger partial charge in [0.15, 0.2) is 0 Å². The molecule has 2 rings (SSSR count). The van der Waals surface area contributed by atoms with E-state index in [2.05, 4.69) is 28.7 Å². The molecular formula is C13H22N4. The van der Waals surface area contributed by atoms with E-state index in [4.69, 9.17) is 5.73 Å². The van der Waals surface area contributed by atoms with Gasteiger partial charge in [0.25, 0.3) is 0 Å². The number of rotatable bonds is 3. The average molecular weight is 234 g/mol. The Bertz CT molecular complexity index is 350. The third-order valence-electron chi connectivity index (χ3n) is 3.52. The molecule has 0 spiro atoms. The van der Waals surface area contributed by atoms with Crippen molar-refractivity contribution in [2.24, 2.45) is 17.6 Å². The molecule has 1 saturated heterocycles. The van der Waals surface area contributed by atoms with Crippen molar-refractivity contribution < 1.29 is 0 Å². The fraction of sp³-hybridized carbons (Fsp3) is 0.692. The second-order valence-electron chi connectivity index (χ2n) is 5.43. The van der Waals surface area contributed by atoms with Crippen molar-refractivity contribution >= 4 is 5.95 Å². The standard InChI is InChI=1S/C13H22N4/c1-9-7-17(8-10(9)2)13-15-5-12(6-16-13)4-11(3)14/h5-6,9-11H,4,7-8,14H2,1-3H3. The van der Waals surface area contributed by atoms with E-state index in [-0.39, 0.29) is 6.04 Å². The molecule has 4 heteroatoms. The summed E-state index contributed by atoms with van der Waals surface area (Å²) in [6.45, 7) is 8.70. The lowest BCUT2D eigenvalue weighted by molar-refractivity contribution is 0.494. The summed E-state index contributed by atoms with van der Waals surface area (Å²) in [7, 11) is 0. The van der Waals surface area contributed by atoms with E-state index in [9.17, 15) is 0 Å². The molecule has 1 aliphatic heterocycles. The van der Waals surface area contributed by atoms with Crippen molar-refractivity contribution in [1.82, 2.24) is 9.97 Å². The summed E-state index contributed by atoms with van der Waals surface area (Å²) < 4.78 is 0. The molecule has 0 amide bonds. The minimum absolute atomic E-state index is 0.163. The maximum Gasteiger partial charge on any atom is 0.225 e. The fourth-order valence-corrected chi connectivity index (χ4v) is 2.28.